The zero-order valence-corrected chi connectivity index (χ0v) is 20.9. The summed E-state index contributed by atoms with van der Waals surface area (Å²) < 4.78 is 5.46. The molecule has 9 nitrogen and oxygen atoms in total. The summed E-state index contributed by atoms with van der Waals surface area (Å²) in [6, 6.07) is 19.2. The molecule has 3 amide bonds. The van der Waals surface area contributed by atoms with Gasteiger partial charge in [-0.1, -0.05) is 24.3 Å². The number of para-hydroxylation sites is 1. The number of piperazine rings is 1. The number of nitrogens with one attached hydrogen (secondary N) is 2. The van der Waals surface area contributed by atoms with Crippen molar-refractivity contribution in [2.45, 2.75) is 13.3 Å². The molecule has 1 heterocycles. The van der Waals surface area contributed by atoms with Crippen LogP contribution in [0.25, 0.3) is 0 Å². The first-order chi connectivity index (χ1) is 17.8. The van der Waals surface area contributed by atoms with Crippen molar-refractivity contribution in [1.29, 1.82) is 0 Å². The summed E-state index contributed by atoms with van der Waals surface area (Å²) in [4.78, 5) is 40.5. The first-order valence-corrected chi connectivity index (χ1v) is 12.0. The Balaban J connectivity index is 1.32. The summed E-state index contributed by atoms with van der Waals surface area (Å²) in [6.45, 7) is 4.41. The highest BCUT2D eigenvalue weighted by atomic mass is 16.5. The Morgan fingerprint density at radius 3 is 2.22 bits per heavy atom. The van der Waals surface area contributed by atoms with E-state index >= 15 is 0 Å². The van der Waals surface area contributed by atoms with Crippen molar-refractivity contribution in [3.05, 3.63) is 83.4 Å². The van der Waals surface area contributed by atoms with Gasteiger partial charge >= 0.3 is 12.0 Å². The SMILES string of the molecule is COc1cc(CC(=O)N2CCN(c3ccc(C(=O)O)cc3)CC2)ccc1NC(=O)Nc1ccccc1C. The van der Waals surface area contributed by atoms with Crippen molar-refractivity contribution in [1.82, 2.24) is 4.90 Å². The molecule has 4 rings (SSSR count). The minimum absolute atomic E-state index is 0.0148. The molecule has 0 saturated carbocycles. The van der Waals surface area contributed by atoms with Crippen molar-refractivity contribution in [3.8, 4) is 5.75 Å². The van der Waals surface area contributed by atoms with Crippen molar-refractivity contribution in [2.24, 2.45) is 0 Å². The van der Waals surface area contributed by atoms with E-state index in [0.29, 0.717) is 37.6 Å². The number of ether oxygens (including phenoxy) is 1. The van der Waals surface area contributed by atoms with Crippen molar-refractivity contribution >= 4 is 35.0 Å². The average Bonchev–Trinajstić information content (AvgIpc) is 2.91. The average molecular weight is 503 g/mol. The quantitative estimate of drug-likeness (QED) is 0.446. The van der Waals surface area contributed by atoms with Gasteiger partial charge in [-0.25, -0.2) is 9.59 Å². The molecule has 0 spiro atoms. The van der Waals surface area contributed by atoms with E-state index in [9.17, 15) is 14.4 Å². The molecule has 3 aromatic carbocycles. The molecule has 3 N–H and O–H groups in total. The molecule has 0 aliphatic carbocycles. The topological polar surface area (TPSA) is 111 Å². The Morgan fingerprint density at radius 2 is 1.57 bits per heavy atom. The lowest BCUT2D eigenvalue weighted by molar-refractivity contribution is -0.130. The third-order valence-electron chi connectivity index (χ3n) is 6.37. The van der Waals surface area contributed by atoms with Crippen LogP contribution in [0.15, 0.2) is 66.7 Å². The normalized spacial score (nSPS) is 13.1. The van der Waals surface area contributed by atoms with Crippen molar-refractivity contribution in [2.75, 3.05) is 48.8 Å². The number of rotatable bonds is 7. The maximum Gasteiger partial charge on any atom is 0.335 e. The number of aryl methyl sites for hydroxylation is 1. The Bertz CT molecular complexity index is 1280. The summed E-state index contributed by atoms with van der Waals surface area (Å²) in [6.07, 6.45) is 0.222. The van der Waals surface area contributed by atoms with Gasteiger partial charge in [0.1, 0.15) is 5.75 Å². The van der Waals surface area contributed by atoms with Crippen LogP contribution in [0, 0.1) is 6.92 Å². The number of benzene rings is 3. The molecule has 1 aliphatic rings. The lowest BCUT2D eigenvalue weighted by atomic mass is 10.1. The standard InChI is InChI=1S/C28H30N4O5/c1-19-5-3-4-6-23(19)29-28(36)30-24-12-7-20(17-25(24)37-2)18-26(33)32-15-13-31(14-16-32)22-10-8-21(9-11-22)27(34)35/h3-12,17H,13-16,18H2,1-2H3,(H,34,35)(H2,29,30,36). The molecule has 1 fully saturated rings. The van der Waals surface area contributed by atoms with Crippen molar-refractivity contribution < 1.29 is 24.2 Å². The number of aromatic carboxylic acids is 1. The molecule has 0 atom stereocenters. The van der Waals surface area contributed by atoms with Crippen LogP contribution >= 0.6 is 0 Å². The highest BCUT2D eigenvalue weighted by Crippen LogP contribution is 2.27. The van der Waals surface area contributed by atoms with Crippen LogP contribution in [0.4, 0.5) is 21.9 Å². The Hall–Kier alpha value is -4.53. The van der Waals surface area contributed by atoms with E-state index in [-0.39, 0.29) is 23.9 Å². The number of methoxy groups -OCH3 is 1. The highest BCUT2D eigenvalue weighted by molar-refractivity contribution is 6.01. The fraction of sp³-hybridized carbons (Fsp3) is 0.250. The van der Waals surface area contributed by atoms with E-state index in [1.54, 1.807) is 36.4 Å². The van der Waals surface area contributed by atoms with E-state index in [1.165, 1.54) is 7.11 Å². The number of amides is 3. The highest BCUT2D eigenvalue weighted by Gasteiger charge is 2.22. The van der Waals surface area contributed by atoms with Gasteiger partial charge in [-0.05, 0) is 60.5 Å². The van der Waals surface area contributed by atoms with Crippen molar-refractivity contribution in [3.63, 3.8) is 0 Å². The number of carboxylic acids is 1. The first-order valence-electron chi connectivity index (χ1n) is 12.0. The summed E-state index contributed by atoms with van der Waals surface area (Å²) in [5.41, 5.74) is 4.16. The van der Waals surface area contributed by atoms with Gasteiger partial charge in [0.05, 0.1) is 24.8 Å². The number of carboxylic acid groups (broad SMARTS) is 1. The Labute approximate surface area is 215 Å². The lowest BCUT2D eigenvalue weighted by Gasteiger charge is -2.36. The van der Waals surface area contributed by atoms with Gasteiger partial charge in [-0.3, -0.25) is 4.79 Å². The summed E-state index contributed by atoms with van der Waals surface area (Å²) in [7, 11) is 1.52. The number of nitrogens with zero attached hydrogens (tertiary/aromatic N) is 2. The smallest absolute Gasteiger partial charge is 0.335 e. The number of anilines is 3. The Kier molecular flexibility index (Phi) is 7.92. The molecule has 0 bridgehead atoms. The second-order valence-electron chi connectivity index (χ2n) is 8.83. The maximum absolute atomic E-state index is 12.9. The number of carbonyl (C=O) groups is 3. The van der Waals surface area contributed by atoms with E-state index < -0.39 is 5.97 Å². The molecule has 1 saturated heterocycles. The number of urea groups is 1. The third kappa shape index (κ3) is 6.38. The monoisotopic (exact) mass is 502 g/mol. The van der Waals surface area contributed by atoms with Crippen LogP contribution in [0.5, 0.6) is 5.75 Å². The molecule has 1 aliphatic heterocycles. The zero-order valence-electron chi connectivity index (χ0n) is 20.9. The Morgan fingerprint density at radius 1 is 0.892 bits per heavy atom. The molecule has 0 unspecified atom stereocenters. The van der Waals surface area contributed by atoms with E-state index in [1.807, 2.05) is 42.2 Å². The zero-order chi connectivity index (χ0) is 26.4. The minimum Gasteiger partial charge on any atom is -0.495 e. The summed E-state index contributed by atoms with van der Waals surface area (Å²) >= 11 is 0. The maximum atomic E-state index is 12.9. The fourth-order valence-electron chi connectivity index (χ4n) is 4.25. The molecule has 0 aromatic heterocycles. The number of carbonyl (C=O) groups excluding carboxylic acids is 2. The molecule has 37 heavy (non-hydrogen) atoms. The van der Waals surface area contributed by atoms with Gasteiger partial charge < -0.3 is 30.3 Å². The molecule has 192 valence electrons. The van der Waals surface area contributed by atoms with E-state index in [2.05, 4.69) is 15.5 Å². The van der Waals surface area contributed by atoms with E-state index in [4.69, 9.17) is 9.84 Å². The summed E-state index contributed by atoms with van der Waals surface area (Å²) in [5, 5.41) is 14.7. The van der Waals surface area contributed by atoms with Crippen LogP contribution < -0.4 is 20.3 Å². The van der Waals surface area contributed by atoms with E-state index in [0.717, 1.165) is 22.5 Å². The van der Waals surface area contributed by atoms with Gasteiger partial charge in [0.25, 0.3) is 0 Å². The molecule has 9 heteroatoms. The largest absolute Gasteiger partial charge is 0.495 e. The van der Waals surface area contributed by atoms with Crippen LogP contribution in [0.3, 0.4) is 0 Å². The predicted octanol–water partition coefficient (Wildman–Crippen LogP) is 4.24. The number of hydrogen-bond donors (Lipinski definition) is 3. The lowest BCUT2D eigenvalue weighted by Crippen LogP contribution is -2.49. The van der Waals surface area contributed by atoms with Crippen LogP contribution in [0.2, 0.25) is 0 Å². The molecular weight excluding hydrogens is 472 g/mol. The first kappa shape index (κ1) is 25.6. The van der Waals surface area contributed by atoms with Gasteiger partial charge in [-0.2, -0.15) is 0 Å². The minimum atomic E-state index is -0.951. The predicted molar refractivity (Wildman–Crippen MR) is 143 cm³/mol. The summed E-state index contributed by atoms with van der Waals surface area (Å²) in [5.74, 6) is -0.464. The second kappa shape index (κ2) is 11.5. The molecule has 0 radical (unpaired) electrons. The third-order valence-corrected chi connectivity index (χ3v) is 6.37. The molecular formula is C28H30N4O5. The van der Waals surface area contributed by atoms with Gasteiger partial charge in [0, 0.05) is 37.6 Å². The second-order valence-corrected chi connectivity index (χ2v) is 8.83. The molecule has 3 aromatic rings. The van der Waals surface area contributed by atoms with Gasteiger partial charge in [0.15, 0.2) is 0 Å². The van der Waals surface area contributed by atoms with Crippen LogP contribution in [-0.2, 0) is 11.2 Å². The van der Waals surface area contributed by atoms with Crippen LogP contribution in [-0.4, -0.2) is 61.2 Å². The van der Waals surface area contributed by atoms with Gasteiger partial charge in [0.2, 0.25) is 5.91 Å². The number of hydrogen-bond acceptors (Lipinski definition) is 5. The van der Waals surface area contributed by atoms with Gasteiger partial charge in [-0.15, -0.1) is 0 Å². The fourth-order valence-corrected chi connectivity index (χ4v) is 4.25. The van der Waals surface area contributed by atoms with Crippen LogP contribution in [0.1, 0.15) is 21.5 Å².